The van der Waals surface area contributed by atoms with Crippen LogP contribution in [0, 0.1) is 0 Å². The van der Waals surface area contributed by atoms with Gasteiger partial charge in [-0.3, -0.25) is 9.97 Å². The van der Waals surface area contributed by atoms with Crippen molar-refractivity contribution >= 4 is 0 Å². The van der Waals surface area contributed by atoms with Crippen LogP contribution in [0.25, 0.3) is 0 Å². The predicted molar refractivity (Wildman–Crippen MR) is 70.7 cm³/mol. The number of hydrogen-bond donors (Lipinski definition) is 0. The third-order valence-corrected chi connectivity index (χ3v) is 2.33. The van der Waals surface area contributed by atoms with E-state index in [-0.39, 0.29) is 11.8 Å². The predicted octanol–water partition coefficient (Wildman–Crippen LogP) is 2.85. The summed E-state index contributed by atoms with van der Waals surface area (Å²) in [4.78, 5) is 16.2. The van der Waals surface area contributed by atoms with Gasteiger partial charge in [-0.05, 0) is 24.3 Å². The first kappa shape index (κ1) is 12.0. The molecule has 0 unspecified atom stereocenters. The Morgan fingerprint density at radius 1 is 0.650 bits per heavy atom. The highest BCUT2D eigenvalue weighted by Gasteiger charge is 2.10. The Bertz CT molecular complexity index is 617. The van der Waals surface area contributed by atoms with Crippen LogP contribution in [-0.2, 0) is 0 Å². The lowest BCUT2D eigenvalue weighted by Crippen LogP contribution is -1.95. The minimum Gasteiger partial charge on any atom is -0.433 e. The summed E-state index contributed by atoms with van der Waals surface area (Å²) in [6.07, 6.45) is 9.56. The van der Waals surface area contributed by atoms with Gasteiger partial charge < -0.3 is 9.47 Å². The van der Waals surface area contributed by atoms with Crippen LogP contribution in [-0.4, -0.2) is 19.9 Å². The van der Waals surface area contributed by atoms with Gasteiger partial charge in [-0.25, -0.2) is 9.97 Å². The Hall–Kier alpha value is -3.02. The van der Waals surface area contributed by atoms with Crippen molar-refractivity contribution in [3.63, 3.8) is 0 Å². The highest BCUT2D eigenvalue weighted by Crippen LogP contribution is 2.29. The molecule has 0 aromatic carbocycles. The molecule has 0 atom stereocenters. The maximum Gasteiger partial charge on any atom is 0.284 e. The summed E-state index contributed by atoms with van der Waals surface area (Å²) < 4.78 is 11.2. The summed E-state index contributed by atoms with van der Waals surface area (Å²) in [7, 11) is 0. The van der Waals surface area contributed by atoms with Crippen LogP contribution in [0.1, 0.15) is 0 Å². The van der Waals surface area contributed by atoms with Crippen molar-refractivity contribution in [1.29, 1.82) is 0 Å². The summed E-state index contributed by atoms with van der Waals surface area (Å²) in [5, 5.41) is 0. The molecule has 98 valence electrons. The summed E-state index contributed by atoms with van der Waals surface area (Å²) in [5.41, 5.74) is 0. The van der Waals surface area contributed by atoms with E-state index >= 15 is 0 Å². The molecule has 0 radical (unpaired) electrons. The Labute approximate surface area is 115 Å². The van der Waals surface area contributed by atoms with Crippen LogP contribution in [0.5, 0.6) is 23.3 Å². The number of nitrogens with zero attached hydrogens (tertiary/aromatic N) is 4. The number of ether oxygens (including phenoxy) is 2. The van der Waals surface area contributed by atoms with Crippen molar-refractivity contribution in [3.05, 3.63) is 61.4 Å². The van der Waals surface area contributed by atoms with Gasteiger partial charge in [0.2, 0.25) is 0 Å². The number of hydrogen-bond acceptors (Lipinski definition) is 6. The van der Waals surface area contributed by atoms with E-state index in [1.807, 2.05) is 0 Å². The number of pyridine rings is 2. The zero-order valence-corrected chi connectivity index (χ0v) is 10.4. The molecule has 0 bridgehead atoms. The standard InChI is InChI=1S/C14H10N4O2/c1-3-11(9-15-5-1)19-13-14(18-8-7-17-13)20-12-4-2-6-16-10-12/h1-10H. The first-order valence-electron chi connectivity index (χ1n) is 5.88. The van der Waals surface area contributed by atoms with Gasteiger partial charge in [-0.2, -0.15) is 0 Å². The van der Waals surface area contributed by atoms with E-state index in [1.54, 1.807) is 49.1 Å². The zero-order chi connectivity index (χ0) is 13.6. The Balaban J connectivity index is 1.85. The van der Waals surface area contributed by atoms with Crippen LogP contribution in [0.3, 0.4) is 0 Å². The minimum absolute atomic E-state index is 0.268. The lowest BCUT2D eigenvalue weighted by molar-refractivity contribution is 0.390. The second-order valence-corrected chi connectivity index (χ2v) is 3.75. The molecule has 3 rings (SSSR count). The average Bonchev–Trinajstić information content (AvgIpc) is 2.51. The average molecular weight is 266 g/mol. The molecule has 0 spiro atoms. The third kappa shape index (κ3) is 2.86. The first-order valence-corrected chi connectivity index (χ1v) is 5.88. The molecule has 6 heteroatoms. The van der Waals surface area contributed by atoms with Crippen molar-refractivity contribution in [2.45, 2.75) is 0 Å². The van der Waals surface area contributed by atoms with Gasteiger partial charge in [-0.1, -0.05) is 0 Å². The van der Waals surface area contributed by atoms with E-state index in [9.17, 15) is 0 Å². The van der Waals surface area contributed by atoms with E-state index in [1.165, 1.54) is 12.4 Å². The van der Waals surface area contributed by atoms with Crippen molar-refractivity contribution in [1.82, 2.24) is 19.9 Å². The van der Waals surface area contributed by atoms with E-state index in [0.717, 1.165) is 0 Å². The third-order valence-electron chi connectivity index (χ3n) is 2.33. The molecule has 0 aliphatic rings. The van der Waals surface area contributed by atoms with E-state index < -0.39 is 0 Å². The molecule has 0 amide bonds. The van der Waals surface area contributed by atoms with E-state index in [2.05, 4.69) is 19.9 Å². The lowest BCUT2D eigenvalue weighted by Gasteiger charge is -2.08. The SMILES string of the molecule is c1cncc(Oc2nccnc2Oc2cccnc2)c1. The van der Waals surface area contributed by atoms with Crippen LogP contribution in [0.15, 0.2) is 61.4 Å². The number of rotatable bonds is 4. The molecule has 0 saturated heterocycles. The fourth-order valence-corrected chi connectivity index (χ4v) is 1.49. The fourth-order valence-electron chi connectivity index (χ4n) is 1.49. The molecule has 3 heterocycles. The number of aromatic nitrogens is 4. The maximum atomic E-state index is 5.60. The van der Waals surface area contributed by atoms with Crippen LogP contribution in [0.4, 0.5) is 0 Å². The topological polar surface area (TPSA) is 70.0 Å². The summed E-state index contributed by atoms with van der Waals surface area (Å²) in [6, 6.07) is 7.09. The molecule has 3 aromatic rings. The Morgan fingerprint density at radius 2 is 1.15 bits per heavy atom. The molecule has 3 aromatic heterocycles. The highest BCUT2D eigenvalue weighted by atomic mass is 16.5. The quantitative estimate of drug-likeness (QED) is 0.723. The molecule has 6 nitrogen and oxygen atoms in total. The molecule has 0 N–H and O–H groups in total. The normalized spacial score (nSPS) is 10.0. The second kappa shape index (κ2) is 5.75. The van der Waals surface area contributed by atoms with Crippen LogP contribution >= 0.6 is 0 Å². The van der Waals surface area contributed by atoms with Gasteiger partial charge >= 0.3 is 0 Å². The smallest absolute Gasteiger partial charge is 0.284 e. The molecule has 0 aliphatic heterocycles. The first-order chi connectivity index (χ1) is 9.92. The minimum atomic E-state index is 0.268. The molecule has 0 aliphatic carbocycles. The highest BCUT2D eigenvalue weighted by molar-refractivity contribution is 5.33. The molecular weight excluding hydrogens is 256 g/mol. The summed E-state index contributed by atoms with van der Waals surface area (Å²) in [5.74, 6) is 1.65. The van der Waals surface area contributed by atoms with Gasteiger partial charge in [0.25, 0.3) is 11.8 Å². The zero-order valence-electron chi connectivity index (χ0n) is 10.4. The van der Waals surface area contributed by atoms with Crippen molar-refractivity contribution < 1.29 is 9.47 Å². The van der Waals surface area contributed by atoms with Crippen molar-refractivity contribution in [2.75, 3.05) is 0 Å². The fraction of sp³-hybridized carbons (Fsp3) is 0. The maximum absolute atomic E-state index is 5.60. The van der Waals surface area contributed by atoms with Gasteiger partial charge in [-0.15, -0.1) is 0 Å². The van der Waals surface area contributed by atoms with Crippen LogP contribution in [0.2, 0.25) is 0 Å². The molecule has 20 heavy (non-hydrogen) atoms. The van der Waals surface area contributed by atoms with Gasteiger partial charge in [0, 0.05) is 24.8 Å². The largest absolute Gasteiger partial charge is 0.433 e. The molecule has 0 saturated carbocycles. The monoisotopic (exact) mass is 266 g/mol. The lowest BCUT2D eigenvalue weighted by atomic mass is 10.4. The van der Waals surface area contributed by atoms with Crippen molar-refractivity contribution in [2.24, 2.45) is 0 Å². The molecular formula is C14H10N4O2. The van der Waals surface area contributed by atoms with E-state index in [4.69, 9.17) is 9.47 Å². The van der Waals surface area contributed by atoms with Gasteiger partial charge in [0.05, 0.1) is 12.4 Å². The Kier molecular flexibility index (Phi) is 3.46. The Morgan fingerprint density at radius 3 is 1.55 bits per heavy atom. The summed E-state index contributed by atoms with van der Waals surface area (Å²) in [6.45, 7) is 0. The van der Waals surface area contributed by atoms with E-state index in [0.29, 0.717) is 11.5 Å². The summed E-state index contributed by atoms with van der Waals surface area (Å²) >= 11 is 0. The van der Waals surface area contributed by atoms with Gasteiger partial charge in [0.1, 0.15) is 11.5 Å². The van der Waals surface area contributed by atoms with Crippen molar-refractivity contribution in [3.8, 4) is 23.3 Å². The second-order valence-electron chi connectivity index (χ2n) is 3.75. The van der Waals surface area contributed by atoms with Crippen LogP contribution < -0.4 is 9.47 Å². The molecule has 0 fully saturated rings. The van der Waals surface area contributed by atoms with Gasteiger partial charge in [0.15, 0.2) is 0 Å².